The van der Waals surface area contributed by atoms with E-state index in [0.29, 0.717) is 12.0 Å². The number of hydrogen-bond donors (Lipinski definition) is 2. The van der Waals surface area contributed by atoms with Gasteiger partial charge in [-0.2, -0.15) is 4.98 Å². The molecule has 4 rings (SSSR count). The molecule has 1 aliphatic carbocycles. The van der Waals surface area contributed by atoms with E-state index in [-0.39, 0.29) is 0 Å². The molecular formula is C22H25ClN4. The van der Waals surface area contributed by atoms with Gasteiger partial charge in [0.1, 0.15) is 5.82 Å². The van der Waals surface area contributed by atoms with Gasteiger partial charge in [0.25, 0.3) is 0 Å². The van der Waals surface area contributed by atoms with Crippen LogP contribution in [0.2, 0.25) is 5.02 Å². The van der Waals surface area contributed by atoms with Gasteiger partial charge in [-0.1, -0.05) is 43.1 Å². The summed E-state index contributed by atoms with van der Waals surface area (Å²) >= 11 is 6.26. The zero-order chi connectivity index (χ0) is 18.8. The topological polar surface area (TPSA) is 49.8 Å². The van der Waals surface area contributed by atoms with Crippen molar-refractivity contribution >= 4 is 40.0 Å². The number of halogens is 1. The molecule has 1 atom stereocenters. The maximum atomic E-state index is 6.26. The Kier molecular flexibility index (Phi) is 5.17. The standard InChI is InChI=1S/C22H25ClN4/c1-3-19(15-7-6-8-15)25-21-17-9-4-5-10-20(17)26-22(27-21)24-16-12-11-14(2)18(23)13-16/h4-5,9-13,15,19H,3,6-8H2,1-2H3,(H2,24,25,26,27)/t19-/m1/s1. The smallest absolute Gasteiger partial charge is 0.229 e. The van der Waals surface area contributed by atoms with E-state index in [1.165, 1.54) is 19.3 Å². The Labute approximate surface area is 165 Å². The van der Waals surface area contributed by atoms with Gasteiger partial charge in [-0.15, -0.1) is 0 Å². The molecule has 140 valence electrons. The number of rotatable bonds is 6. The van der Waals surface area contributed by atoms with E-state index in [4.69, 9.17) is 21.6 Å². The van der Waals surface area contributed by atoms with E-state index < -0.39 is 0 Å². The van der Waals surface area contributed by atoms with Crippen LogP contribution in [0.1, 0.15) is 38.2 Å². The maximum Gasteiger partial charge on any atom is 0.229 e. The highest BCUT2D eigenvalue weighted by Crippen LogP contribution is 2.34. The molecule has 2 aromatic carbocycles. The summed E-state index contributed by atoms with van der Waals surface area (Å²) in [6, 6.07) is 14.5. The third-order valence-electron chi connectivity index (χ3n) is 5.51. The number of para-hydroxylation sites is 1. The van der Waals surface area contributed by atoms with E-state index in [2.05, 4.69) is 23.6 Å². The number of aryl methyl sites for hydroxylation is 1. The molecule has 3 aromatic rings. The molecule has 0 radical (unpaired) electrons. The Morgan fingerprint density at radius 2 is 1.96 bits per heavy atom. The van der Waals surface area contributed by atoms with Crippen LogP contribution in [-0.2, 0) is 0 Å². The highest BCUT2D eigenvalue weighted by Gasteiger charge is 2.26. The predicted molar refractivity (Wildman–Crippen MR) is 114 cm³/mol. The van der Waals surface area contributed by atoms with Crippen LogP contribution in [0.3, 0.4) is 0 Å². The number of benzene rings is 2. The van der Waals surface area contributed by atoms with Crippen LogP contribution < -0.4 is 10.6 Å². The second-order valence-corrected chi connectivity index (χ2v) is 7.76. The molecule has 2 N–H and O–H groups in total. The molecule has 0 aliphatic heterocycles. The molecule has 0 amide bonds. The van der Waals surface area contributed by atoms with Crippen LogP contribution in [-0.4, -0.2) is 16.0 Å². The minimum absolute atomic E-state index is 0.457. The van der Waals surface area contributed by atoms with Gasteiger partial charge in [0.15, 0.2) is 0 Å². The van der Waals surface area contributed by atoms with E-state index in [1.807, 2.05) is 43.3 Å². The van der Waals surface area contributed by atoms with Crippen molar-refractivity contribution in [2.75, 3.05) is 10.6 Å². The van der Waals surface area contributed by atoms with Gasteiger partial charge in [0.2, 0.25) is 5.95 Å². The fourth-order valence-electron chi connectivity index (χ4n) is 3.61. The SMILES string of the molecule is CC[C@@H](Nc1nc(Nc2ccc(C)c(Cl)c2)nc2ccccc12)C1CCC1. The van der Waals surface area contributed by atoms with Gasteiger partial charge in [0, 0.05) is 22.1 Å². The highest BCUT2D eigenvalue weighted by atomic mass is 35.5. The van der Waals surface area contributed by atoms with E-state index >= 15 is 0 Å². The normalized spacial score (nSPS) is 15.4. The second-order valence-electron chi connectivity index (χ2n) is 7.35. The Morgan fingerprint density at radius 3 is 2.67 bits per heavy atom. The number of hydrogen-bond acceptors (Lipinski definition) is 4. The summed E-state index contributed by atoms with van der Waals surface area (Å²) in [5.41, 5.74) is 2.87. The minimum Gasteiger partial charge on any atom is -0.366 e. The zero-order valence-electron chi connectivity index (χ0n) is 15.8. The first-order chi connectivity index (χ1) is 13.1. The van der Waals surface area contributed by atoms with Gasteiger partial charge in [0.05, 0.1) is 5.52 Å². The van der Waals surface area contributed by atoms with Crippen molar-refractivity contribution in [1.82, 2.24) is 9.97 Å². The molecule has 27 heavy (non-hydrogen) atoms. The molecule has 0 saturated heterocycles. The number of aromatic nitrogens is 2. The largest absolute Gasteiger partial charge is 0.366 e. The summed E-state index contributed by atoms with van der Waals surface area (Å²) in [5, 5.41) is 8.80. The molecule has 4 nitrogen and oxygen atoms in total. The Morgan fingerprint density at radius 1 is 1.15 bits per heavy atom. The first kappa shape index (κ1) is 18.1. The summed E-state index contributed by atoms with van der Waals surface area (Å²) < 4.78 is 0. The van der Waals surface area contributed by atoms with Crippen LogP contribution in [0.25, 0.3) is 10.9 Å². The minimum atomic E-state index is 0.457. The van der Waals surface area contributed by atoms with Gasteiger partial charge < -0.3 is 10.6 Å². The van der Waals surface area contributed by atoms with Crippen molar-refractivity contribution in [2.45, 2.75) is 45.6 Å². The van der Waals surface area contributed by atoms with Crippen LogP contribution in [0.4, 0.5) is 17.5 Å². The maximum absolute atomic E-state index is 6.26. The molecule has 0 spiro atoms. The molecule has 5 heteroatoms. The van der Waals surface area contributed by atoms with E-state index in [9.17, 15) is 0 Å². The lowest BCUT2D eigenvalue weighted by Crippen LogP contribution is -2.33. The second kappa shape index (κ2) is 7.73. The number of nitrogens with zero attached hydrogens (tertiary/aromatic N) is 2. The van der Waals surface area contributed by atoms with Gasteiger partial charge in [-0.25, -0.2) is 4.98 Å². The average Bonchev–Trinajstić information content (AvgIpc) is 2.62. The molecular weight excluding hydrogens is 356 g/mol. The van der Waals surface area contributed by atoms with Crippen molar-refractivity contribution in [1.29, 1.82) is 0 Å². The van der Waals surface area contributed by atoms with Crippen LogP contribution in [0.5, 0.6) is 0 Å². The molecule has 1 aromatic heterocycles. The van der Waals surface area contributed by atoms with Crippen LogP contribution in [0, 0.1) is 12.8 Å². The average molecular weight is 381 g/mol. The Balaban J connectivity index is 1.68. The molecule has 1 aliphatic rings. The summed E-state index contributed by atoms with van der Waals surface area (Å²) in [6.07, 6.45) is 5.05. The van der Waals surface area contributed by atoms with Crippen molar-refractivity contribution in [3.63, 3.8) is 0 Å². The summed E-state index contributed by atoms with van der Waals surface area (Å²) in [7, 11) is 0. The zero-order valence-corrected chi connectivity index (χ0v) is 16.6. The monoisotopic (exact) mass is 380 g/mol. The summed E-state index contributed by atoms with van der Waals surface area (Å²) in [5.74, 6) is 2.23. The molecule has 0 bridgehead atoms. The number of nitrogens with one attached hydrogen (secondary N) is 2. The van der Waals surface area contributed by atoms with Crippen LogP contribution in [0.15, 0.2) is 42.5 Å². The van der Waals surface area contributed by atoms with Gasteiger partial charge in [-0.05, 0) is 61.9 Å². The molecule has 1 saturated carbocycles. The first-order valence-corrected chi connectivity index (χ1v) is 10.1. The van der Waals surface area contributed by atoms with Gasteiger partial charge >= 0.3 is 0 Å². The Hall–Kier alpha value is -2.33. The van der Waals surface area contributed by atoms with Gasteiger partial charge in [-0.3, -0.25) is 0 Å². The molecule has 1 fully saturated rings. The quantitative estimate of drug-likeness (QED) is 0.524. The van der Waals surface area contributed by atoms with Crippen LogP contribution >= 0.6 is 11.6 Å². The van der Waals surface area contributed by atoms with Crippen molar-refractivity contribution in [3.8, 4) is 0 Å². The van der Waals surface area contributed by atoms with E-state index in [1.54, 1.807) is 0 Å². The number of fused-ring (bicyclic) bond motifs is 1. The third-order valence-corrected chi connectivity index (χ3v) is 5.92. The lowest BCUT2D eigenvalue weighted by molar-refractivity contribution is 0.270. The summed E-state index contributed by atoms with van der Waals surface area (Å²) in [6.45, 7) is 4.23. The highest BCUT2D eigenvalue weighted by molar-refractivity contribution is 6.31. The first-order valence-electron chi connectivity index (χ1n) is 9.70. The lowest BCUT2D eigenvalue weighted by atomic mass is 9.79. The van der Waals surface area contributed by atoms with Crippen molar-refractivity contribution in [3.05, 3.63) is 53.1 Å². The fraction of sp³-hybridized carbons (Fsp3) is 0.364. The fourth-order valence-corrected chi connectivity index (χ4v) is 3.79. The lowest BCUT2D eigenvalue weighted by Gasteiger charge is -2.34. The van der Waals surface area contributed by atoms with E-state index in [0.717, 1.165) is 45.3 Å². The Bertz CT molecular complexity index is 952. The predicted octanol–water partition coefficient (Wildman–Crippen LogP) is 6.33. The third kappa shape index (κ3) is 3.86. The molecule has 1 heterocycles. The summed E-state index contributed by atoms with van der Waals surface area (Å²) in [4.78, 5) is 9.49. The van der Waals surface area contributed by atoms with Crippen molar-refractivity contribution in [2.24, 2.45) is 5.92 Å². The molecule has 0 unspecified atom stereocenters. The number of anilines is 3. The van der Waals surface area contributed by atoms with Crippen molar-refractivity contribution < 1.29 is 0 Å².